The van der Waals surface area contributed by atoms with E-state index in [1.165, 1.54) is 18.4 Å². The van der Waals surface area contributed by atoms with Crippen molar-refractivity contribution in [3.63, 3.8) is 0 Å². The Morgan fingerprint density at radius 2 is 1.98 bits per heavy atom. The second-order valence-corrected chi connectivity index (χ2v) is 11.0. The summed E-state index contributed by atoms with van der Waals surface area (Å²) >= 11 is 0. The lowest BCUT2D eigenvalue weighted by molar-refractivity contribution is 0.102. The van der Waals surface area contributed by atoms with E-state index in [-0.39, 0.29) is 30.1 Å². The molecule has 5 rings (SSSR count). The first-order valence-corrected chi connectivity index (χ1v) is 15.1. The Hall–Kier alpha value is -4.44. The van der Waals surface area contributed by atoms with Crippen LogP contribution in [0.3, 0.4) is 0 Å². The fraction of sp³-hybridized carbons (Fsp3) is 0.394. The molecule has 226 valence electrons. The average Bonchev–Trinajstić information content (AvgIpc) is 3.54. The molecule has 0 unspecified atom stereocenters. The number of allylic oxidation sites excluding steroid dienone is 4. The molecule has 0 spiro atoms. The highest BCUT2D eigenvalue weighted by molar-refractivity contribution is 6.04. The number of hydrogen-bond acceptors (Lipinski definition) is 7. The fourth-order valence-electron chi connectivity index (χ4n) is 5.30. The van der Waals surface area contributed by atoms with Gasteiger partial charge in [-0.05, 0) is 81.9 Å². The number of carbonyl (C=O) groups excluding carboxylic acids is 2. The van der Waals surface area contributed by atoms with E-state index < -0.39 is 0 Å². The van der Waals surface area contributed by atoms with Crippen LogP contribution in [0.4, 0.5) is 16.2 Å². The number of anilines is 2. The SMILES string of the molecule is Nc1ccccc1NC(=O)c1ccc(CN(CCCCN2CCCC2)C(=O)N=C2COC=C(CC3=CC=CCC3)O2)cn1. The van der Waals surface area contributed by atoms with Crippen LogP contribution in [-0.2, 0) is 16.0 Å². The van der Waals surface area contributed by atoms with Gasteiger partial charge in [-0.2, -0.15) is 4.99 Å². The zero-order valence-corrected chi connectivity index (χ0v) is 24.5. The zero-order chi connectivity index (χ0) is 29.9. The van der Waals surface area contributed by atoms with Gasteiger partial charge in [-0.25, -0.2) is 4.79 Å². The smallest absolute Gasteiger partial charge is 0.346 e. The number of urea groups is 1. The molecule has 2 aromatic rings. The van der Waals surface area contributed by atoms with Crippen molar-refractivity contribution in [1.82, 2.24) is 14.8 Å². The number of nitrogens with one attached hydrogen (secondary N) is 1. The molecule has 0 radical (unpaired) electrons. The monoisotopic (exact) mass is 584 g/mol. The molecule has 10 nitrogen and oxygen atoms in total. The maximum absolute atomic E-state index is 13.4. The third-order valence-electron chi connectivity index (χ3n) is 7.65. The minimum Gasteiger partial charge on any atom is -0.488 e. The molecule has 3 N–H and O–H groups in total. The first-order valence-electron chi connectivity index (χ1n) is 15.1. The van der Waals surface area contributed by atoms with Crippen LogP contribution in [0.25, 0.3) is 0 Å². The van der Waals surface area contributed by atoms with Crippen LogP contribution >= 0.6 is 0 Å². The highest BCUT2D eigenvalue weighted by Gasteiger charge is 2.20. The van der Waals surface area contributed by atoms with E-state index in [2.05, 4.69) is 38.4 Å². The van der Waals surface area contributed by atoms with Gasteiger partial charge in [0.05, 0.1) is 11.4 Å². The van der Waals surface area contributed by atoms with Gasteiger partial charge in [-0.15, -0.1) is 0 Å². The van der Waals surface area contributed by atoms with E-state index in [9.17, 15) is 9.59 Å². The van der Waals surface area contributed by atoms with E-state index in [0.29, 0.717) is 36.6 Å². The predicted octanol–water partition coefficient (Wildman–Crippen LogP) is 5.67. The Bertz CT molecular complexity index is 1390. The number of benzene rings is 1. The number of unbranched alkanes of at least 4 members (excludes halogenated alkanes) is 1. The van der Waals surface area contributed by atoms with E-state index in [0.717, 1.165) is 50.9 Å². The number of amides is 3. The van der Waals surface area contributed by atoms with Crippen molar-refractivity contribution in [3.8, 4) is 0 Å². The van der Waals surface area contributed by atoms with Crippen LogP contribution in [0.1, 0.15) is 61.0 Å². The van der Waals surface area contributed by atoms with Crippen molar-refractivity contribution < 1.29 is 19.1 Å². The van der Waals surface area contributed by atoms with E-state index in [1.54, 1.807) is 53.8 Å². The molecular weight excluding hydrogens is 544 g/mol. The Morgan fingerprint density at radius 1 is 1.12 bits per heavy atom. The highest BCUT2D eigenvalue weighted by atomic mass is 16.6. The molecule has 1 aliphatic carbocycles. The molecule has 2 aliphatic heterocycles. The topological polar surface area (TPSA) is 122 Å². The maximum Gasteiger partial charge on any atom is 0.346 e. The summed E-state index contributed by atoms with van der Waals surface area (Å²) in [6.45, 7) is 4.29. The van der Waals surface area contributed by atoms with Gasteiger partial charge in [0.1, 0.15) is 17.7 Å². The molecule has 0 atom stereocenters. The Labute approximate surface area is 253 Å². The van der Waals surface area contributed by atoms with Crippen LogP contribution in [0, 0.1) is 0 Å². The lowest BCUT2D eigenvalue weighted by atomic mass is 10.0. The summed E-state index contributed by atoms with van der Waals surface area (Å²) < 4.78 is 11.5. The number of aliphatic imine (C=N–C) groups is 1. The van der Waals surface area contributed by atoms with Gasteiger partial charge in [0.2, 0.25) is 5.90 Å². The number of carbonyl (C=O) groups is 2. The van der Waals surface area contributed by atoms with Crippen molar-refractivity contribution in [3.05, 3.63) is 89.7 Å². The fourth-order valence-corrected chi connectivity index (χ4v) is 5.30. The first kappa shape index (κ1) is 30.0. The normalized spacial score (nSPS) is 17.5. The van der Waals surface area contributed by atoms with Crippen LogP contribution in [0.15, 0.2) is 83.4 Å². The summed E-state index contributed by atoms with van der Waals surface area (Å²) in [5.74, 6) is 0.540. The summed E-state index contributed by atoms with van der Waals surface area (Å²) in [4.78, 5) is 39.0. The van der Waals surface area contributed by atoms with E-state index in [1.807, 2.05) is 0 Å². The van der Waals surface area contributed by atoms with E-state index in [4.69, 9.17) is 15.2 Å². The summed E-state index contributed by atoms with van der Waals surface area (Å²) in [6, 6.07) is 10.1. The number of likely N-dealkylation sites (tertiary alicyclic amines) is 1. The lowest BCUT2D eigenvalue weighted by Gasteiger charge is -2.23. The molecule has 10 heteroatoms. The molecule has 0 saturated carbocycles. The number of nitrogens with two attached hydrogens (primary N) is 1. The Kier molecular flexibility index (Phi) is 10.6. The summed E-state index contributed by atoms with van der Waals surface area (Å²) in [5.41, 5.74) is 9.25. The van der Waals surface area contributed by atoms with Crippen LogP contribution in [0.5, 0.6) is 0 Å². The molecule has 3 aliphatic rings. The molecule has 3 heterocycles. The molecule has 1 saturated heterocycles. The molecule has 1 fully saturated rings. The third kappa shape index (κ3) is 9.02. The van der Waals surface area contributed by atoms with Crippen LogP contribution in [-0.4, -0.2) is 65.4 Å². The molecule has 43 heavy (non-hydrogen) atoms. The minimum atomic E-state index is -0.387. The molecule has 1 aromatic heterocycles. The molecule has 3 amide bonds. The second kappa shape index (κ2) is 15.2. The van der Waals surface area contributed by atoms with Gasteiger partial charge < -0.3 is 30.3 Å². The molecule has 1 aromatic carbocycles. The van der Waals surface area contributed by atoms with Crippen molar-refractivity contribution in [1.29, 1.82) is 0 Å². The first-order chi connectivity index (χ1) is 21.0. The maximum atomic E-state index is 13.4. The van der Waals surface area contributed by atoms with Gasteiger partial charge in [0, 0.05) is 25.7 Å². The zero-order valence-electron chi connectivity index (χ0n) is 24.5. The van der Waals surface area contributed by atoms with Gasteiger partial charge >= 0.3 is 6.03 Å². The number of pyridine rings is 1. The van der Waals surface area contributed by atoms with Gasteiger partial charge in [0.15, 0.2) is 6.61 Å². The Morgan fingerprint density at radius 3 is 2.74 bits per heavy atom. The number of nitrogens with zero attached hydrogens (tertiary/aromatic N) is 4. The van der Waals surface area contributed by atoms with Crippen molar-refractivity contribution in [2.24, 2.45) is 4.99 Å². The largest absolute Gasteiger partial charge is 0.488 e. The number of aromatic nitrogens is 1. The summed E-state index contributed by atoms with van der Waals surface area (Å²) in [6.07, 6.45) is 16.5. The van der Waals surface area contributed by atoms with Crippen molar-refractivity contribution >= 4 is 29.2 Å². The highest BCUT2D eigenvalue weighted by Crippen LogP contribution is 2.23. The number of hydrogen-bond donors (Lipinski definition) is 2. The quantitative estimate of drug-likeness (QED) is 0.258. The molecule has 0 bridgehead atoms. The third-order valence-corrected chi connectivity index (χ3v) is 7.65. The summed E-state index contributed by atoms with van der Waals surface area (Å²) in [7, 11) is 0. The number of nitrogen functional groups attached to an aromatic ring is 1. The van der Waals surface area contributed by atoms with Crippen molar-refractivity contribution in [2.75, 3.05) is 43.8 Å². The molecular formula is C33H40N6O4. The van der Waals surface area contributed by atoms with Crippen molar-refractivity contribution in [2.45, 2.75) is 51.5 Å². The van der Waals surface area contributed by atoms with Crippen LogP contribution < -0.4 is 11.1 Å². The standard InChI is InChI=1S/C33H40N6O4/c34-28-12-4-5-13-29(28)36-32(40)30-15-14-26(21-35-30)22-39(19-9-8-18-38-16-6-7-17-38)33(41)37-31-24-42-23-27(43-31)20-25-10-2-1-3-11-25/h1-2,4-5,10,12-15,21,23H,3,6-9,11,16-20,22,24,34H2,(H,36,40). The summed E-state index contributed by atoms with van der Waals surface area (Å²) in [5, 5.41) is 2.79. The average molecular weight is 585 g/mol. The van der Waals surface area contributed by atoms with Gasteiger partial charge in [-0.1, -0.05) is 42.0 Å². The minimum absolute atomic E-state index is 0.105. The van der Waals surface area contributed by atoms with Gasteiger partial charge in [0.25, 0.3) is 5.91 Å². The number of ether oxygens (including phenoxy) is 2. The Balaban J connectivity index is 1.22. The van der Waals surface area contributed by atoms with E-state index >= 15 is 0 Å². The second-order valence-electron chi connectivity index (χ2n) is 11.0. The number of rotatable bonds is 11. The lowest BCUT2D eigenvalue weighted by Crippen LogP contribution is -2.32. The predicted molar refractivity (Wildman–Crippen MR) is 167 cm³/mol. The van der Waals surface area contributed by atoms with Crippen LogP contribution in [0.2, 0.25) is 0 Å². The van der Waals surface area contributed by atoms with Gasteiger partial charge in [-0.3, -0.25) is 9.78 Å². The number of para-hydroxylation sites is 2.